The van der Waals surface area contributed by atoms with Gasteiger partial charge in [-0.1, -0.05) is 119 Å². The fraction of sp³-hybridized carbons (Fsp3) is 0.488. The molecule has 4 aromatic rings. The van der Waals surface area contributed by atoms with E-state index >= 15 is 0 Å². The smallest absolute Gasteiger partial charge is 0.167 e. The molecule has 1 heterocycles. The molecule has 7 nitrogen and oxygen atoms in total. The van der Waals surface area contributed by atoms with Crippen molar-refractivity contribution in [2.24, 2.45) is 0 Å². The first-order chi connectivity index (χ1) is 23.2. The van der Waals surface area contributed by atoms with Crippen molar-refractivity contribution < 1.29 is 10.2 Å². The molecule has 0 saturated heterocycles. The van der Waals surface area contributed by atoms with Crippen molar-refractivity contribution in [1.29, 1.82) is 0 Å². The number of benzene rings is 3. The van der Waals surface area contributed by atoms with Gasteiger partial charge in [-0.2, -0.15) is 0 Å². The molecule has 0 fully saturated rings. The molecule has 1 atom stereocenters. The minimum absolute atomic E-state index is 0.0634. The molecule has 0 aliphatic carbocycles. The summed E-state index contributed by atoms with van der Waals surface area (Å²) in [7, 11) is 0. The van der Waals surface area contributed by atoms with Crippen LogP contribution in [0.1, 0.15) is 99.8 Å². The topological polar surface area (TPSA) is 103 Å². The minimum atomic E-state index is -0.538. The molecule has 48 heavy (non-hydrogen) atoms. The number of phenolic OH excluding ortho intramolecular Hbond substituents is 1. The lowest BCUT2D eigenvalue weighted by atomic mass is 10.0. The molecule has 258 valence electrons. The number of unbranched alkanes of at least 4 members (excludes halogenated alkanes) is 10. The van der Waals surface area contributed by atoms with E-state index in [1.54, 1.807) is 6.07 Å². The van der Waals surface area contributed by atoms with Crippen LogP contribution in [0, 0.1) is 27.7 Å². The van der Waals surface area contributed by atoms with Gasteiger partial charge in [0.05, 0.1) is 11.7 Å². The average Bonchev–Trinajstić information content (AvgIpc) is 3.05. The van der Waals surface area contributed by atoms with Gasteiger partial charge >= 0.3 is 0 Å². The molecule has 3 aromatic carbocycles. The molecular formula is C41H57N5O2. The maximum absolute atomic E-state index is 11.1. The fourth-order valence-corrected chi connectivity index (χ4v) is 6.19. The Hall–Kier alpha value is -3.81. The highest BCUT2D eigenvalue weighted by Crippen LogP contribution is 2.33. The molecule has 4 N–H and O–H groups in total. The van der Waals surface area contributed by atoms with Crippen molar-refractivity contribution in [2.45, 2.75) is 111 Å². The number of rotatable bonds is 20. The van der Waals surface area contributed by atoms with Crippen LogP contribution in [0.25, 0.3) is 34.2 Å². The van der Waals surface area contributed by atoms with Crippen LogP contribution in [0.2, 0.25) is 0 Å². The first-order valence-corrected chi connectivity index (χ1v) is 18.1. The van der Waals surface area contributed by atoms with Crippen LogP contribution in [0.3, 0.4) is 0 Å². The Morgan fingerprint density at radius 3 is 1.56 bits per heavy atom. The van der Waals surface area contributed by atoms with E-state index in [1.807, 2.05) is 24.3 Å². The van der Waals surface area contributed by atoms with Gasteiger partial charge in [0.25, 0.3) is 0 Å². The summed E-state index contributed by atoms with van der Waals surface area (Å²) < 4.78 is 0. The van der Waals surface area contributed by atoms with Gasteiger partial charge in [0.2, 0.25) is 0 Å². The number of hydrogen-bond acceptors (Lipinski definition) is 7. The lowest BCUT2D eigenvalue weighted by molar-refractivity contribution is 0.184. The fourth-order valence-electron chi connectivity index (χ4n) is 6.19. The Kier molecular flexibility index (Phi) is 14.8. The molecule has 0 amide bonds. The first kappa shape index (κ1) is 37.0. The van der Waals surface area contributed by atoms with Crippen molar-refractivity contribution in [2.75, 3.05) is 25.0 Å². The van der Waals surface area contributed by atoms with Crippen molar-refractivity contribution in [1.82, 2.24) is 20.3 Å². The zero-order chi connectivity index (χ0) is 34.3. The van der Waals surface area contributed by atoms with Crippen LogP contribution in [0.4, 0.5) is 5.69 Å². The number of anilines is 1. The van der Waals surface area contributed by atoms with Crippen molar-refractivity contribution in [3.05, 3.63) is 76.9 Å². The summed E-state index contributed by atoms with van der Waals surface area (Å²) in [4.78, 5) is 14.6. The lowest BCUT2D eigenvalue weighted by Crippen LogP contribution is -2.32. The van der Waals surface area contributed by atoms with Crippen molar-refractivity contribution in [3.63, 3.8) is 0 Å². The number of nitrogens with one attached hydrogen (secondary N) is 2. The van der Waals surface area contributed by atoms with Gasteiger partial charge in [-0.25, -0.2) is 15.0 Å². The third-order valence-corrected chi connectivity index (χ3v) is 9.00. The van der Waals surface area contributed by atoms with Crippen molar-refractivity contribution >= 4 is 5.69 Å². The van der Waals surface area contributed by atoms with E-state index in [9.17, 15) is 10.2 Å². The number of hydrogen-bond donors (Lipinski definition) is 4. The van der Waals surface area contributed by atoms with Gasteiger partial charge < -0.3 is 20.8 Å². The second-order valence-corrected chi connectivity index (χ2v) is 13.4. The van der Waals surface area contributed by atoms with E-state index in [1.165, 1.54) is 75.3 Å². The quantitative estimate of drug-likeness (QED) is 0.0706. The summed E-state index contributed by atoms with van der Waals surface area (Å²) in [5, 5.41) is 28.3. The number of nitrogens with zero attached hydrogens (tertiary/aromatic N) is 3. The predicted molar refractivity (Wildman–Crippen MR) is 201 cm³/mol. The number of aliphatic hydroxyl groups is 1. The number of aryl methyl sites for hydroxylation is 4. The highest BCUT2D eigenvalue weighted by Gasteiger charge is 2.17. The molecule has 0 aliphatic heterocycles. The zero-order valence-electron chi connectivity index (χ0n) is 29.9. The Labute approximate surface area is 288 Å². The van der Waals surface area contributed by atoms with Crippen molar-refractivity contribution in [3.8, 4) is 39.9 Å². The second-order valence-electron chi connectivity index (χ2n) is 13.4. The first-order valence-electron chi connectivity index (χ1n) is 18.1. The van der Waals surface area contributed by atoms with Gasteiger partial charge in [0, 0.05) is 36.0 Å². The van der Waals surface area contributed by atoms with Crippen LogP contribution in [-0.2, 0) is 0 Å². The van der Waals surface area contributed by atoms with E-state index in [0.29, 0.717) is 36.1 Å². The zero-order valence-corrected chi connectivity index (χ0v) is 29.9. The van der Waals surface area contributed by atoms with E-state index in [4.69, 9.17) is 15.0 Å². The standard InChI is InChI=1S/C41H57N5O2/c1-6-7-8-9-10-11-12-13-14-15-16-23-42-27-34(47)28-43-33-19-22-37(38(48)26-33)41-45-39(35-20-17-29(2)24-31(35)4)44-40(46-41)36-21-18-30(3)25-32(36)5/h17-22,24-26,34,42-43,47-48H,6-16,23,27-28H2,1-5H3. The number of aromatic hydroxyl groups is 1. The van der Waals surface area contributed by atoms with Gasteiger partial charge in [-0.15, -0.1) is 0 Å². The summed E-state index contributed by atoms with van der Waals surface area (Å²) in [6, 6.07) is 17.8. The maximum Gasteiger partial charge on any atom is 0.167 e. The average molecular weight is 652 g/mol. The number of aromatic nitrogens is 3. The predicted octanol–water partition coefficient (Wildman–Crippen LogP) is 9.49. The van der Waals surface area contributed by atoms with Crippen LogP contribution >= 0.6 is 0 Å². The summed E-state index contributed by atoms with van der Waals surface area (Å²) in [5.74, 6) is 1.61. The molecular weight excluding hydrogens is 594 g/mol. The molecule has 7 heteroatoms. The minimum Gasteiger partial charge on any atom is -0.507 e. The van der Waals surface area contributed by atoms with Gasteiger partial charge in [-0.3, -0.25) is 0 Å². The summed E-state index contributed by atoms with van der Waals surface area (Å²) >= 11 is 0. The van der Waals surface area contributed by atoms with E-state index in [2.05, 4.69) is 69.5 Å². The Morgan fingerprint density at radius 2 is 1.06 bits per heavy atom. The molecule has 0 bridgehead atoms. The molecule has 0 aliphatic rings. The summed E-state index contributed by atoms with van der Waals surface area (Å²) in [5.41, 5.74) is 7.60. The van der Waals surface area contributed by atoms with Crippen LogP contribution < -0.4 is 10.6 Å². The van der Waals surface area contributed by atoms with E-state index in [-0.39, 0.29) is 5.75 Å². The lowest BCUT2D eigenvalue weighted by Gasteiger charge is -2.15. The maximum atomic E-state index is 11.1. The van der Waals surface area contributed by atoms with Crippen LogP contribution in [0.15, 0.2) is 54.6 Å². The van der Waals surface area contributed by atoms with Gasteiger partial charge in [-0.05, 0) is 63.9 Å². The highest BCUT2D eigenvalue weighted by molar-refractivity contribution is 5.73. The van der Waals surface area contributed by atoms with Gasteiger partial charge in [0.1, 0.15) is 5.75 Å². The molecule has 1 unspecified atom stereocenters. The Bertz CT molecular complexity index is 1520. The molecule has 1 aromatic heterocycles. The number of aliphatic hydroxyl groups excluding tert-OH is 1. The summed E-state index contributed by atoms with van der Waals surface area (Å²) in [6.07, 6.45) is 14.1. The largest absolute Gasteiger partial charge is 0.507 e. The van der Waals surface area contributed by atoms with Gasteiger partial charge in [0.15, 0.2) is 17.5 Å². The third-order valence-electron chi connectivity index (χ3n) is 9.00. The molecule has 0 saturated carbocycles. The normalized spacial score (nSPS) is 12.0. The van der Waals surface area contributed by atoms with E-state index in [0.717, 1.165) is 40.9 Å². The van der Waals surface area contributed by atoms with E-state index < -0.39 is 6.10 Å². The third kappa shape index (κ3) is 11.4. The SMILES string of the molecule is CCCCCCCCCCCCCNCC(O)CNc1ccc(-c2nc(-c3ccc(C)cc3C)nc(-c3ccc(C)cc3C)n2)c(O)c1. The number of phenols is 1. The highest BCUT2D eigenvalue weighted by atomic mass is 16.3. The Balaban J connectivity index is 1.31. The molecule has 0 spiro atoms. The molecule has 4 rings (SSSR count). The second kappa shape index (κ2) is 19.3. The van der Waals surface area contributed by atoms with Crippen LogP contribution in [0.5, 0.6) is 5.75 Å². The summed E-state index contributed by atoms with van der Waals surface area (Å²) in [6.45, 7) is 12.4. The monoisotopic (exact) mass is 651 g/mol. The van der Waals surface area contributed by atoms with Crippen LogP contribution in [-0.4, -0.2) is 50.9 Å². The molecule has 0 radical (unpaired) electrons. The Morgan fingerprint density at radius 1 is 0.583 bits per heavy atom.